The van der Waals surface area contributed by atoms with Gasteiger partial charge in [-0.1, -0.05) is 115 Å². The zero-order valence-corrected chi connectivity index (χ0v) is 25.0. The summed E-state index contributed by atoms with van der Waals surface area (Å²) in [6.45, 7) is 0.0463. The second-order valence-electron chi connectivity index (χ2n) is 10.0. The fourth-order valence-corrected chi connectivity index (χ4v) is 5.46. The molecule has 0 aliphatic carbocycles. The van der Waals surface area contributed by atoms with Crippen molar-refractivity contribution >= 4 is 33.4 Å². The van der Waals surface area contributed by atoms with E-state index in [0.29, 0.717) is 23.6 Å². The van der Waals surface area contributed by atoms with Gasteiger partial charge in [-0.2, -0.15) is 4.31 Å². The van der Waals surface area contributed by atoms with E-state index in [2.05, 4.69) is 5.32 Å². The largest absolute Gasteiger partial charge is 0.354 e. The Morgan fingerprint density at radius 3 is 1.83 bits per heavy atom. The van der Waals surface area contributed by atoms with Crippen molar-refractivity contribution in [1.82, 2.24) is 14.5 Å². The van der Waals surface area contributed by atoms with Gasteiger partial charge in [0.2, 0.25) is 21.8 Å². The van der Waals surface area contributed by atoms with Gasteiger partial charge in [0.05, 0.1) is 12.8 Å². The van der Waals surface area contributed by atoms with E-state index >= 15 is 0 Å². The van der Waals surface area contributed by atoms with Crippen LogP contribution < -0.4 is 5.32 Å². The maximum Gasteiger partial charge on any atom is 0.247 e. The normalized spacial score (nSPS) is 12.1. The Morgan fingerprint density at radius 1 is 0.738 bits per heavy atom. The number of hydrogen-bond donors (Lipinski definition) is 1. The molecule has 0 heterocycles. The average molecular weight is 604 g/mol. The molecule has 0 aliphatic rings. The number of nitrogens with one attached hydrogen (secondary N) is 1. The molecule has 2 amide bonds. The fourth-order valence-electron chi connectivity index (χ4n) is 4.61. The van der Waals surface area contributed by atoms with Crippen molar-refractivity contribution in [3.63, 3.8) is 0 Å². The summed E-state index contributed by atoms with van der Waals surface area (Å²) in [6.07, 6.45) is 1.70. The van der Waals surface area contributed by atoms with Crippen molar-refractivity contribution in [2.24, 2.45) is 0 Å². The van der Waals surface area contributed by atoms with Crippen molar-refractivity contribution < 1.29 is 18.0 Å². The van der Waals surface area contributed by atoms with Gasteiger partial charge in [0.1, 0.15) is 6.04 Å². The number of halogens is 1. The number of carbonyl (C=O) groups is 2. The van der Waals surface area contributed by atoms with Gasteiger partial charge in [-0.15, -0.1) is 0 Å². The van der Waals surface area contributed by atoms with Crippen LogP contribution >= 0.6 is 11.6 Å². The molecular formula is C33H34ClN3O4S. The molecule has 0 radical (unpaired) electrons. The van der Waals surface area contributed by atoms with E-state index < -0.39 is 28.5 Å². The van der Waals surface area contributed by atoms with Crippen molar-refractivity contribution in [3.8, 4) is 0 Å². The van der Waals surface area contributed by atoms with Crippen molar-refractivity contribution in [1.29, 1.82) is 0 Å². The zero-order valence-electron chi connectivity index (χ0n) is 23.4. The summed E-state index contributed by atoms with van der Waals surface area (Å²) in [6, 6.07) is 33.9. The molecule has 1 atom stereocenters. The van der Waals surface area contributed by atoms with Crippen LogP contribution in [-0.4, -0.2) is 48.8 Å². The van der Waals surface area contributed by atoms with Crippen molar-refractivity contribution in [2.75, 3.05) is 19.3 Å². The average Bonchev–Trinajstić information content (AvgIpc) is 2.98. The smallest absolute Gasteiger partial charge is 0.247 e. The van der Waals surface area contributed by atoms with Gasteiger partial charge in [-0.25, -0.2) is 8.42 Å². The molecule has 0 saturated carbocycles. The second kappa shape index (κ2) is 14.8. The molecule has 0 fully saturated rings. The topological polar surface area (TPSA) is 86.8 Å². The van der Waals surface area contributed by atoms with E-state index in [-0.39, 0.29) is 19.0 Å². The van der Waals surface area contributed by atoms with E-state index in [1.807, 2.05) is 66.7 Å². The summed E-state index contributed by atoms with van der Waals surface area (Å²) in [5.41, 5.74) is 3.19. The first-order chi connectivity index (χ1) is 20.2. The van der Waals surface area contributed by atoms with Crippen LogP contribution in [0.3, 0.4) is 0 Å². The van der Waals surface area contributed by atoms with Gasteiger partial charge in [0, 0.05) is 24.7 Å². The number of hydrogen-bond acceptors (Lipinski definition) is 4. The lowest BCUT2D eigenvalue weighted by molar-refractivity contribution is -0.141. The second-order valence-corrected chi connectivity index (χ2v) is 12.4. The maximum atomic E-state index is 14.1. The Kier molecular flexibility index (Phi) is 10.9. The monoisotopic (exact) mass is 603 g/mol. The van der Waals surface area contributed by atoms with Crippen LogP contribution in [0.2, 0.25) is 5.02 Å². The molecule has 4 aromatic rings. The molecule has 1 N–H and O–H groups in total. The quantitative estimate of drug-likeness (QED) is 0.227. The van der Waals surface area contributed by atoms with Crippen LogP contribution in [0, 0.1) is 0 Å². The third-order valence-electron chi connectivity index (χ3n) is 6.80. The summed E-state index contributed by atoms with van der Waals surface area (Å²) >= 11 is 6.11. The number of rotatable bonds is 13. The SMILES string of the molecule is CS(=O)(=O)N(CC(=O)N(Cc1ccc(Cl)cc1)[C@@H](C(=O)NCCc1ccccc1)c1ccccc1)Cc1ccccc1. The van der Waals surface area contributed by atoms with Gasteiger partial charge in [0.15, 0.2) is 0 Å². The molecule has 0 unspecified atom stereocenters. The highest BCUT2D eigenvalue weighted by Crippen LogP contribution is 2.25. The molecule has 42 heavy (non-hydrogen) atoms. The minimum atomic E-state index is -3.76. The van der Waals surface area contributed by atoms with E-state index in [4.69, 9.17) is 11.6 Å². The molecule has 0 aromatic heterocycles. The zero-order chi connectivity index (χ0) is 30.0. The molecule has 0 aliphatic heterocycles. The fraction of sp³-hybridized carbons (Fsp3) is 0.212. The van der Waals surface area contributed by atoms with E-state index in [1.54, 1.807) is 48.5 Å². The van der Waals surface area contributed by atoms with Gasteiger partial charge in [-0.3, -0.25) is 9.59 Å². The maximum absolute atomic E-state index is 14.1. The number of amides is 2. The standard InChI is InChI=1S/C33H34ClN3O4S/c1-42(40,41)36(23-27-13-7-3-8-14-27)25-31(38)37(24-28-17-19-30(34)20-18-28)32(29-15-9-4-10-16-29)33(39)35-22-21-26-11-5-2-6-12-26/h2-20,32H,21-25H2,1H3,(H,35,39)/t32-/m1/s1. The van der Waals surface area contributed by atoms with Crippen LogP contribution in [0.1, 0.15) is 28.3 Å². The van der Waals surface area contributed by atoms with Crippen LogP contribution in [0.25, 0.3) is 0 Å². The van der Waals surface area contributed by atoms with Gasteiger partial charge < -0.3 is 10.2 Å². The highest BCUT2D eigenvalue weighted by molar-refractivity contribution is 7.88. The summed E-state index contributed by atoms with van der Waals surface area (Å²) in [5, 5.41) is 3.54. The molecule has 4 aromatic carbocycles. The molecule has 7 nitrogen and oxygen atoms in total. The number of nitrogens with zero attached hydrogens (tertiary/aromatic N) is 2. The van der Waals surface area contributed by atoms with E-state index in [9.17, 15) is 18.0 Å². The summed E-state index contributed by atoms with van der Waals surface area (Å²) in [5.74, 6) is -0.855. The van der Waals surface area contributed by atoms with Crippen molar-refractivity contribution in [2.45, 2.75) is 25.6 Å². The Morgan fingerprint density at radius 2 is 1.26 bits per heavy atom. The van der Waals surface area contributed by atoms with E-state index in [0.717, 1.165) is 27.3 Å². The van der Waals surface area contributed by atoms with Crippen LogP contribution in [-0.2, 0) is 39.1 Å². The molecular weight excluding hydrogens is 570 g/mol. The summed E-state index contributed by atoms with van der Waals surface area (Å²) in [7, 11) is -3.76. The number of sulfonamides is 1. The van der Waals surface area contributed by atoms with Gasteiger partial charge in [0.25, 0.3) is 0 Å². The predicted octanol–water partition coefficient (Wildman–Crippen LogP) is 5.23. The molecule has 0 saturated heterocycles. The van der Waals surface area contributed by atoms with Crippen LogP contribution in [0.4, 0.5) is 0 Å². The molecule has 218 valence electrons. The lowest BCUT2D eigenvalue weighted by Gasteiger charge is -2.33. The Bertz CT molecular complexity index is 1550. The molecule has 9 heteroatoms. The van der Waals surface area contributed by atoms with Crippen LogP contribution in [0.5, 0.6) is 0 Å². The lowest BCUT2D eigenvalue weighted by atomic mass is 10.0. The van der Waals surface area contributed by atoms with Crippen molar-refractivity contribution in [3.05, 3.63) is 143 Å². The van der Waals surface area contributed by atoms with E-state index in [1.165, 1.54) is 4.90 Å². The molecule has 0 bridgehead atoms. The minimum Gasteiger partial charge on any atom is -0.354 e. The summed E-state index contributed by atoms with van der Waals surface area (Å²) < 4.78 is 26.7. The Hall–Kier alpha value is -3.98. The molecule has 0 spiro atoms. The third-order valence-corrected chi connectivity index (χ3v) is 8.25. The first kappa shape index (κ1) is 31.0. The highest BCUT2D eigenvalue weighted by Gasteiger charge is 2.33. The first-order valence-electron chi connectivity index (χ1n) is 13.6. The predicted molar refractivity (Wildman–Crippen MR) is 166 cm³/mol. The van der Waals surface area contributed by atoms with Gasteiger partial charge in [-0.05, 0) is 40.8 Å². The first-order valence-corrected chi connectivity index (χ1v) is 15.8. The Labute approximate surface area is 252 Å². The minimum absolute atomic E-state index is 0.0273. The Balaban J connectivity index is 1.66. The number of carbonyl (C=O) groups excluding carboxylic acids is 2. The highest BCUT2D eigenvalue weighted by atomic mass is 35.5. The summed E-state index contributed by atoms with van der Waals surface area (Å²) in [4.78, 5) is 29.4. The third kappa shape index (κ3) is 9.01. The van der Waals surface area contributed by atoms with Gasteiger partial charge >= 0.3 is 0 Å². The van der Waals surface area contributed by atoms with Crippen LogP contribution in [0.15, 0.2) is 115 Å². The number of benzene rings is 4. The lowest BCUT2D eigenvalue weighted by Crippen LogP contribution is -2.48. The molecule has 4 rings (SSSR count).